The first-order valence-corrected chi connectivity index (χ1v) is 6.80. The third-order valence-electron chi connectivity index (χ3n) is 4.11. The van der Waals surface area contributed by atoms with E-state index < -0.39 is 0 Å². The zero-order valence-corrected chi connectivity index (χ0v) is 12.0. The summed E-state index contributed by atoms with van der Waals surface area (Å²) in [7, 11) is 4.37. The molecule has 1 aromatic carbocycles. The van der Waals surface area contributed by atoms with Gasteiger partial charge in [-0.25, -0.2) is 0 Å². The highest BCUT2D eigenvalue weighted by Gasteiger charge is 2.26. The Hall–Kier alpha value is -1.22. The summed E-state index contributed by atoms with van der Waals surface area (Å²) in [6, 6.07) is 6.91. The number of likely N-dealkylation sites (N-methyl/N-ethyl adjacent to an activating group) is 1. The van der Waals surface area contributed by atoms with Crippen LogP contribution in [0.2, 0.25) is 0 Å². The average Bonchev–Trinajstić information content (AvgIpc) is 2.62. The second kappa shape index (κ2) is 5.19. The van der Waals surface area contributed by atoms with E-state index in [1.54, 1.807) is 0 Å². The SMILES string of the molecule is CC(C)N(C)CC[C@@H]1CN(C)c2ccc(N)cc21. The van der Waals surface area contributed by atoms with E-state index >= 15 is 0 Å². The van der Waals surface area contributed by atoms with Crippen LogP contribution < -0.4 is 10.6 Å². The molecule has 3 nitrogen and oxygen atoms in total. The molecule has 0 aliphatic carbocycles. The van der Waals surface area contributed by atoms with Crippen molar-refractivity contribution in [2.75, 3.05) is 37.8 Å². The van der Waals surface area contributed by atoms with E-state index in [-0.39, 0.29) is 0 Å². The van der Waals surface area contributed by atoms with Gasteiger partial charge in [0, 0.05) is 36.9 Å². The number of nitrogens with zero attached hydrogens (tertiary/aromatic N) is 2. The summed E-state index contributed by atoms with van der Waals surface area (Å²) in [6.45, 7) is 6.74. The fourth-order valence-corrected chi connectivity index (χ4v) is 2.64. The molecule has 1 aliphatic heterocycles. The van der Waals surface area contributed by atoms with Crippen LogP contribution in [0.25, 0.3) is 0 Å². The fraction of sp³-hybridized carbons (Fsp3) is 0.600. The molecule has 1 aromatic rings. The molecule has 0 saturated carbocycles. The highest BCUT2D eigenvalue weighted by Crippen LogP contribution is 2.38. The monoisotopic (exact) mass is 247 g/mol. The van der Waals surface area contributed by atoms with E-state index in [0.717, 1.165) is 18.8 Å². The quantitative estimate of drug-likeness (QED) is 0.830. The summed E-state index contributed by atoms with van der Waals surface area (Å²) in [6.07, 6.45) is 1.20. The number of benzene rings is 1. The molecule has 100 valence electrons. The molecule has 2 N–H and O–H groups in total. The summed E-state index contributed by atoms with van der Waals surface area (Å²) >= 11 is 0. The summed E-state index contributed by atoms with van der Waals surface area (Å²) < 4.78 is 0. The molecule has 0 fully saturated rings. The second-order valence-corrected chi connectivity index (χ2v) is 5.76. The van der Waals surface area contributed by atoms with E-state index in [1.807, 2.05) is 6.07 Å². The molecule has 0 radical (unpaired) electrons. The highest BCUT2D eigenvalue weighted by molar-refractivity contribution is 5.64. The van der Waals surface area contributed by atoms with Crippen molar-refractivity contribution in [1.29, 1.82) is 0 Å². The lowest BCUT2D eigenvalue weighted by atomic mass is 9.97. The topological polar surface area (TPSA) is 32.5 Å². The van der Waals surface area contributed by atoms with E-state index in [4.69, 9.17) is 5.73 Å². The zero-order chi connectivity index (χ0) is 13.3. The predicted molar refractivity (Wildman–Crippen MR) is 79.2 cm³/mol. The molecule has 2 rings (SSSR count). The number of rotatable bonds is 4. The van der Waals surface area contributed by atoms with Gasteiger partial charge in [0.2, 0.25) is 0 Å². The van der Waals surface area contributed by atoms with Crippen molar-refractivity contribution in [3.05, 3.63) is 23.8 Å². The minimum Gasteiger partial charge on any atom is -0.399 e. The van der Waals surface area contributed by atoms with Gasteiger partial charge in [0.25, 0.3) is 0 Å². The lowest BCUT2D eigenvalue weighted by Crippen LogP contribution is -2.28. The van der Waals surface area contributed by atoms with Crippen molar-refractivity contribution in [3.8, 4) is 0 Å². The van der Waals surface area contributed by atoms with Gasteiger partial charge >= 0.3 is 0 Å². The van der Waals surface area contributed by atoms with E-state index in [0.29, 0.717) is 12.0 Å². The van der Waals surface area contributed by atoms with Crippen LogP contribution in [0.4, 0.5) is 11.4 Å². The second-order valence-electron chi connectivity index (χ2n) is 5.76. The summed E-state index contributed by atoms with van der Waals surface area (Å²) in [5.41, 5.74) is 9.57. The molecule has 0 bridgehead atoms. The number of fused-ring (bicyclic) bond motifs is 1. The highest BCUT2D eigenvalue weighted by atomic mass is 15.1. The Morgan fingerprint density at radius 2 is 2.17 bits per heavy atom. The first kappa shape index (κ1) is 13.2. The van der Waals surface area contributed by atoms with Crippen LogP contribution >= 0.6 is 0 Å². The molecule has 1 heterocycles. The number of anilines is 2. The van der Waals surface area contributed by atoms with Crippen LogP contribution in [0, 0.1) is 0 Å². The number of nitrogens with two attached hydrogens (primary N) is 1. The molecule has 18 heavy (non-hydrogen) atoms. The molecule has 3 heteroatoms. The minimum absolute atomic E-state index is 0.615. The first-order valence-electron chi connectivity index (χ1n) is 6.80. The van der Waals surface area contributed by atoms with E-state index in [1.165, 1.54) is 17.7 Å². The molecule has 1 aliphatic rings. The Labute approximate surface area is 111 Å². The molecule has 0 aromatic heterocycles. The van der Waals surface area contributed by atoms with Crippen LogP contribution in [-0.2, 0) is 0 Å². The van der Waals surface area contributed by atoms with Crippen LogP contribution in [-0.4, -0.2) is 38.1 Å². The lowest BCUT2D eigenvalue weighted by Gasteiger charge is -2.23. The van der Waals surface area contributed by atoms with Gasteiger partial charge in [-0.2, -0.15) is 0 Å². The van der Waals surface area contributed by atoms with Crippen LogP contribution in [0.5, 0.6) is 0 Å². The largest absolute Gasteiger partial charge is 0.399 e. The maximum atomic E-state index is 5.91. The van der Waals surface area contributed by atoms with Gasteiger partial charge in [-0.1, -0.05) is 0 Å². The van der Waals surface area contributed by atoms with Crippen molar-refractivity contribution in [1.82, 2.24) is 4.90 Å². The van der Waals surface area contributed by atoms with Crippen molar-refractivity contribution < 1.29 is 0 Å². The van der Waals surface area contributed by atoms with E-state index in [9.17, 15) is 0 Å². The molecular weight excluding hydrogens is 222 g/mol. The molecule has 0 unspecified atom stereocenters. The van der Waals surface area contributed by atoms with Gasteiger partial charge in [0.05, 0.1) is 0 Å². The Morgan fingerprint density at radius 3 is 2.83 bits per heavy atom. The lowest BCUT2D eigenvalue weighted by molar-refractivity contribution is 0.264. The van der Waals surface area contributed by atoms with Crippen molar-refractivity contribution in [2.24, 2.45) is 0 Å². The number of hydrogen-bond acceptors (Lipinski definition) is 3. The Kier molecular flexibility index (Phi) is 3.81. The Bertz CT molecular complexity index is 414. The summed E-state index contributed by atoms with van der Waals surface area (Å²) in [5.74, 6) is 0.620. The first-order chi connectivity index (χ1) is 8.49. The number of nitrogen functional groups attached to an aromatic ring is 1. The van der Waals surface area contributed by atoms with Gasteiger partial charge in [0.1, 0.15) is 0 Å². The zero-order valence-electron chi connectivity index (χ0n) is 12.0. The van der Waals surface area contributed by atoms with E-state index in [2.05, 4.69) is 49.9 Å². The van der Waals surface area contributed by atoms with Gasteiger partial charge in [-0.15, -0.1) is 0 Å². The summed E-state index contributed by atoms with van der Waals surface area (Å²) in [4.78, 5) is 4.75. The van der Waals surface area contributed by atoms with Crippen LogP contribution in [0.1, 0.15) is 31.7 Å². The van der Waals surface area contributed by atoms with Crippen molar-refractivity contribution >= 4 is 11.4 Å². The fourth-order valence-electron chi connectivity index (χ4n) is 2.64. The molecule has 1 atom stereocenters. The summed E-state index contributed by atoms with van der Waals surface area (Å²) in [5, 5.41) is 0. The molecule has 0 saturated heterocycles. The Balaban J connectivity index is 2.07. The molecule has 0 spiro atoms. The van der Waals surface area contributed by atoms with Crippen molar-refractivity contribution in [2.45, 2.75) is 32.2 Å². The van der Waals surface area contributed by atoms with Crippen LogP contribution in [0.3, 0.4) is 0 Å². The average molecular weight is 247 g/mol. The third-order valence-corrected chi connectivity index (χ3v) is 4.11. The molecule has 0 amide bonds. The minimum atomic E-state index is 0.615. The number of hydrogen-bond donors (Lipinski definition) is 1. The molecular formula is C15H25N3. The van der Waals surface area contributed by atoms with Crippen molar-refractivity contribution in [3.63, 3.8) is 0 Å². The van der Waals surface area contributed by atoms with Gasteiger partial charge in [0.15, 0.2) is 0 Å². The van der Waals surface area contributed by atoms with Crippen LogP contribution in [0.15, 0.2) is 18.2 Å². The maximum Gasteiger partial charge on any atom is 0.0401 e. The standard InChI is InChI=1S/C15H25N3/c1-11(2)17(3)8-7-12-10-18(4)15-6-5-13(16)9-14(12)15/h5-6,9,11-12H,7-8,10,16H2,1-4H3/t12-/m1/s1. The Morgan fingerprint density at radius 1 is 1.44 bits per heavy atom. The van der Waals surface area contributed by atoms with Gasteiger partial charge < -0.3 is 15.5 Å². The maximum absolute atomic E-state index is 5.91. The van der Waals surface area contributed by atoms with Gasteiger partial charge in [-0.3, -0.25) is 0 Å². The third kappa shape index (κ3) is 2.61. The van der Waals surface area contributed by atoms with Gasteiger partial charge in [-0.05, 0) is 57.6 Å². The smallest absolute Gasteiger partial charge is 0.0401 e. The predicted octanol–water partition coefficient (Wildman–Crippen LogP) is 2.53. The normalized spacial score (nSPS) is 18.8.